The van der Waals surface area contributed by atoms with E-state index in [4.69, 9.17) is 5.26 Å². The number of hydrogen-bond acceptors (Lipinski definition) is 3. The molecule has 1 saturated heterocycles. The van der Waals surface area contributed by atoms with Crippen LogP contribution >= 0.6 is 0 Å². The quantitative estimate of drug-likeness (QED) is 0.925. The number of amides is 1. The fraction of sp³-hybridized carbons (Fsp3) is 0.600. The van der Waals surface area contributed by atoms with Gasteiger partial charge in [-0.05, 0) is 49.8 Å². The van der Waals surface area contributed by atoms with Crippen molar-refractivity contribution in [3.63, 3.8) is 0 Å². The predicted molar refractivity (Wildman–Crippen MR) is 92.2 cm³/mol. The number of nitriles is 1. The van der Waals surface area contributed by atoms with Crippen LogP contribution in [0.25, 0.3) is 0 Å². The summed E-state index contributed by atoms with van der Waals surface area (Å²) in [6.07, 6.45) is 7.27. The van der Waals surface area contributed by atoms with Crippen molar-refractivity contribution in [2.45, 2.75) is 63.5 Å². The molecule has 0 spiro atoms. The third-order valence-corrected chi connectivity index (χ3v) is 5.61. The highest BCUT2D eigenvalue weighted by molar-refractivity contribution is 5.77. The van der Waals surface area contributed by atoms with E-state index in [9.17, 15) is 9.90 Å². The highest BCUT2D eigenvalue weighted by Crippen LogP contribution is 2.35. The Balaban J connectivity index is 1.58. The summed E-state index contributed by atoms with van der Waals surface area (Å²) in [6, 6.07) is 9.80. The van der Waals surface area contributed by atoms with Gasteiger partial charge in [-0.3, -0.25) is 4.79 Å². The fourth-order valence-electron chi connectivity index (χ4n) is 4.28. The first-order chi connectivity index (χ1) is 11.7. The van der Waals surface area contributed by atoms with Crippen molar-refractivity contribution in [3.8, 4) is 6.07 Å². The van der Waals surface area contributed by atoms with E-state index in [1.165, 1.54) is 6.42 Å². The van der Waals surface area contributed by atoms with Gasteiger partial charge in [-0.1, -0.05) is 25.0 Å². The minimum absolute atomic E-state index is 0.208. The summed E-state index contributed by atoms with van der Waals surface area (Å²) in [6.45, 7) is 0.833. The molecular weight excluding hydrogens is 300 g/mol. The predicted octanol–water partition coefficient (Wildman–Crippen LogP) is 3.03. The lowest BCUT2D eigenvalue weighted by molar-refractivity contribution is -0.134. The first-order valence-corrected chi connectivity index (χ1v) is 9.15. The van der Waals surface area contributed by atoms with Gasteiger partial charge in [-0.15, -0.1) is 0 Å². The summed E-state index contributed by atoms with van der Waals surface area (Å²) in [7, 11) is 0. The number of likely N-dealkylation sites (tertiary alicyclic amines) is 1. The Morgan fingerprint density at radius 3 is 2.62 bits per heavy atom. The van der Waals surface area contributed by atoms with Crippen LogP contribution in [-0.2, 0) is 11.2 Å². The largest absolute Gasteiger partial charge is 0.393 e. The van der Waals surface area contributed by atoms with Crippen LogP contribution in [0.1, 0.15) is 56.1 Å². The van der Waals surface area contributed by atoms with Gasteiger partial charge in [-0.2, -0.15) is 5.26 Å². The Bertz CT molecular complexity index is 605. The van der Waals surface area contributed by atoms with Gasteiger partial charge in [0, 0.05) is 24.9 Å². The minimum Gasteiger partial charge on any atom is -0.393 e. The monoisotopic (exact) mass is 326 g/mol. The lowest BCUT2D eigenvalue weighted by atomic mass is 9.80. The Hall–Kier alpha value is -1.86. The minimum atomic E-state index is -0.240. The standard InChI is InChI=1S/C20H26N2O2/c21-14-16-9-7-15(8-10-16)11-12-20(24)22-13-3-5-18(22)17-4-1-2-6-19(17)23/h7-10,17-19,23H,1-6,11-13H2/t17-,18-,19-/m1/s1. The van der Waals surface area contributed by atoms with Crippen LogP contribution < -0.4 is 0 Å². The smallest absolute Gasteiger partial charge is 0.223 e. The zero-order chi connectivity index (χ0) is 16.9. The van der Waals surface area contributed by atoms with Crippen LogP contribution in [0.4, 0.5) is 0 Å². The van der Waals surface area contributed by atoms with Gasteiger partial charge in [-0.25, -0.2) is 0 Å². The molecule has 4 heteroatoms. The van der Waals surface area contributed by atoms with Crippen molar-refractivity contribution in [3.05, 3.63) is 35.4 Å². The van der Waals surface area contributed by atoms with Gasteiger partial charge >= 0.3 is 0 Å². The van der Waals surface area contributed by atoms with Crippen LogP contribution in [0.5, 0.6) is 0 Å². The highest BCUT2D eigenvalue weighted by Gasteiger charge is 2.38. The van der Waals surface area contributed by atoms with Gasteiger partial charge in [0.1, 0.15) is 0 Å². The SMILES string of the molecule is N#Cc1ccc(CCC(=O)N2CCC[C@@H]2[C@H]2CCCC[C@H]2O)cc1. The number of hydrogen-bond donors (Lipinski definition) is 1. The molecular formula is C20H26N2O2. The van der Waals surface area contributed by atoms with E-state index in [1.54, 1.807) is 12.1 Å². The number of rotatable bonds is 4. The van der Waals surface area contributed by atoms with E-state index >= 15 is 0 Å². The van der Waals surface area contributed by atoms with Crippen LogP contribution in [0, 0.1) is 17.2 Å². The zero-order valence-corrected chi connectivity index (χ0v) is 14.2. The molecule has 3 rings (SSSR count). The summed E-state index contributed by atoms with van der Waals surface area (Å²) >= 11 is 0. The molecule has 1 aromatic rings. The molecule has 1 N–H and O–H groups in total. The van der Waals surface area contributed by atoms with Gasteiger partial charge in [0.2, 0.25) is 5.91 Å². The molecule has 2 fully saturated rings. The molecule has 0 unspecified atom stereocenters. The maximum absolute atomic E-state index is 12.7. The second-order valence-corrected chi connectivity index (χ2v) is 7.12. The summed E-state index contributed by atoms with van der Waals surface area (Å²) in [4.78, 5) is 14.7. The van der Waals surface area contributed by atoms with Crippen LogP contribution in [0.2, 0.25) is 0 Å². The Morgan fingerprint density at radius 2 is 1.92 bits per heavy atom. The second kappa shape index (κ2) is 7.81. The first-order valence-electron chi connectivity index (χ1n) is 9.15. The van der Waals surface area contributed by atoms with E-state index < -0.39 is 0 Å². The molecule has 2 aliphatic rings. The van der Waals surface area contributed by atoms with E-state index in [1.807, 2.05) is 17.0 Å². The van der Waals surface area contributed by atoms with Gasteiger partial charge in [0.15, 0.2) is 0 Å². The molecule has 1 amide bonds. The first kappa shape index (κ1) is 17.0. The zero-order valence-electron chi connectivity index (χ0n) is 14.2. The number of nitrogens with zero attached hydrogens (tertiary/aromatic N) is 2. The molecule has 4 nitrogen and oxygen atoms in total. The lowest BCUT2D eigenvalue weighted by Crippen LogP contribution is -2.45. The van der Waals surface area contributed by atoms with Gasteiger partial charge in [0.05, 0.1) is 17.7 Å². The van der Waals surface area contributed by atoms with E-state index in [0.29, 0.717) is 18.4 Å². The van der Waals surface area contributed by atoms with Crippen LogP contribution in [0.15, 0.2) is 24.3 Å². The summed E-state index contributed by atoms with van der Waals surface area (Å²) in [5.41, 5.74) is 1.74. The number of carbonyl (C=O) groups excluding carboxylic acids is 1. The van der Waals surface area contributed by atoms with Crippen molar-refractivity contribution in [1.29, 1.82) is 5.26 Å². The molecule has 3 atom stereocenters. The molecule has 0 bridgehead atoms. The van der Waals surface area contributed by atoms with Crippen molar-refractivity contribution < 1.29 is 9.90 Å². The Labute approximate surface area is 144 Å². The van der Waals surface area contributed by atoms with Crippen molar-refractivity contribution in [2.24, 2.45) is 5.92 Å². The third-order valence-electron chi connectivity index (χ3n) is 5.61. The number of benzene rings is 1. The topological polar surface area (TPSA) is 64.3 Å². The van der Waals surface area contributed by atoms with Gasteiger partial charge in [0.25, 0.3) is 0 Å². The van der Waals surface area contributed by atoms with E-state index in [2.05, 4.69) is 6.07 Å². The van der Waals surface area contributed by atoms with E-state index in [0.717, 1.165) is 44.2 Å². The number of carbonyl (C=O) groups is 1. The van der Waals surface area contributed by atoms with Crippen LogP contribution in [-0.4, -0.2) is 34.6 Å². The fourth-order valence-corrected chi connectivity index (χ4v) is 4.28. The molecule has 24 heavy (non-hydrogen) atoms. The van der Waals surface area contributed by atoms with Gasteiger partial charge < -0.3 is 10.0 Å². The highest BCUT2D eigenvalue weighted by atomic mass is 16.3. The van der Waals surface area contributed by atoms with Crippen molar-refractivity contribution in [1.82, 2.24) is 4.90 Å². The molecule has 1 saturated carbocycles. The normalized spacial score (nSPS) is 27.0. The number of aliphatic hydroxyl groups is 1. The second-order valence-electron chi connectivity index (χ2n) is 7.12. The lowest BCUT2D eigenvalue weighted by Gasteiger charge is -2.37. The maximum atomic E-state index is 12.7. The average Bonchev–Trinajstić information content (AvgIpc) is 3.10. The molecule has 1 aromatic carbocycles. The van der Waals surface area contributed by atoms with Crippen molar-refractivity contribution >= 4 is 5.91 Å². The Morgan fingerprint density at radius 1 is 1.17 bits per heavy atom. The molecule has 1 aliphatic carbocycles. The van der Waals surface area contributed by atoms with Crippen molar-refractivity contribution in [2.75, 3.05) is 6.54 Å². The molecule has 1 heterocycles. The third kappa shape index (κ3) is 3.79. The van der Waals surface area contributed by atoms with E-state index in [-0.39, 0.29) is 24.0 Å². The van der Waals surface area contributed by atoms with Crippen LogP contribution in [0.3, 0.4) is 0 Å². The summed E-state index contributed by atoms with van der Waals surface area (Å²) in [5.74, 6) is 0.472. The average molecular weight is 326 g/mol. The number of aryl methyl sites for hydroxylation is 1. The molecule has 0 radical (unpaired) electrons. The Kier molecular flexibility index (Phi) is 5.52. The maximum Gasteiger partial charge on any atom is 0.223 e. The number of aliphatic hydroxyl groups excluding tert-OH is 1. The summed E-state index contributed by atoms with van der Waals surface area (Å²) in [5, 5.41) is 19.2. The molecule has 1 aliphatic heterocycles. The molecule has 0 aromatic heterocycles. The summed E-state index contributed by atoms with van der Waals surface area (Å²) < 4.78 is 0. The molecule has 128 valence electrons.